The zero-order chi connectivity index (χ0) is 54.3. The molecule has 0 aliphatic heterocycles. The first-order valence-electron chi connectivity index (χ1n) is 31.4. The van der Waals surface area contributed by atoms with Gasteiger partial charge in [0, 0.05) is 19.3 Å². The smallest absolute Gasteiger partial charge is 0.306 e. The molecule has 0 aromatic rings. The molecule has 6 heteroatoms. The summed E-state index contributed by atoms with van der Waals surface area (Å²) >= 11 is 0. The molecule has 0 spiro atoms. The fourth-order valence-corrected chi connectivity index (χ4v) is 8.60. The summed E-state index contributed by atoms with van der Waals surface area (Å²) in [6.07, 6.45) is 85.2. The molecule has 0 saturated carbocycles. The van der Waals surface area contributed by atoms with Crippen LogP contribution in [0.3, 0.4) is 0 Å². The second-order valence-electron chi connectivity index (χ2n) is 20.5. The van der Waals surface area contributed by atoms with E-state index in [1.165, 1.54) is 128 Å². The van der Waals surface area contributed by atoms with E-state index in [9.17, 15) is 14.4 Å². The number of esters is 3. The molecule has 0 aliphatic carbocycles. The van der Waals surface area contributed by atoms with Crippen LogP contribution in [0.15, 0.2) is 109 Å². The Hall–Kier alpha value is -3.93. The SMILES string of the molecule is CC/C=C\C/C=C\C/C=C\C/C=C\C/C=C\CCCCCCCCCC(=O)OCC(COC(=O)CCCCC/C=C\C/C=C\C/C=C\CC)OC(=O)CCCCCCCCCCC/C=C\CCCCCCCCCC. The van der Waals surface area contributed by atoms with E-state index in [2.05, 4.69) is 130 Å². The van der Waals surface area contributed by atoms with Crippen molar-refractivity contribution in [2.45, 2.75) is 297 Å². The third-order valence-electron chi connectivity index (χ3n) is 13.2. The van der Waals surface area contributed by atoms with Gasteiger partial charge in [0.25, 0.3) is 0 Å². The predicted molar refractivity (Wildman–Crippen MR) is 325 cm³/mol. The van der Waals surface area contributed by atoms with Crippen molar-refractivity contribution in [3.05, 3.63) is 109 Å². The third-order valence-corrected chi connectivity index (χ3v) is 13.2. The zero-order valence-corrected chi connectivity index (χ0v) is 49.0. The van der Waals surface area contributed by atoms with Gasteiger partial charge in [-0.2, -0.15) is 0 Å². The minimum atomic E-state index is -0.799. The van der Waals surface area contributed by atoms with Gasteiger partial charge >= 0.3 is 17.9 Å². The van der Waals surface area contributed by atoms with E-state index in [4.69, 9.17) is 14.2 Å². The lowest BCUT2D eigenvalue weighted by Gasteiger charge is -2.18. The maximum Gasteiger partial charge on any atom is 0.306 e. The largest absolute Gasteiger partial charge is 0.462 e. The number of hydrogen-bond acceptors (Lipinski definition) is 6. The molecule has 0 radical (unpaired) electrons. The molecule has 0 fully saturated rings. The summed E-state index contributed by atoms with van der Waals surface area (Å²) in [5, 5.41) is 0. The Labute approximate surface area is 463 Å². The van der Waals surface area contributed by atoms with Crippen molar-refractivity contribution in [3.63, 3.8) is 0 Å². The highest BCUT2D eigenvalue weighted by Gasteiger charge is 2.19. The molecule has 0 saturated heterocycles. The molecule has 6 nitrogen and oxygen atoms in total. The van der Waals surface area contributed by atoms with Crippen molar-refractivity contribution < 1.29 is 28.6 Å². The Bertz CT molecular complexity index is 1520. The van der Waals surface area contributed by atoms with Crippen LogP contribution in [0.4, 0.5) is 0 Å². The Balaban J connectivity index is 4.39. The molecule has 0 rings (SSSR count). The van der Waals surface area contributed by atoms with Crippen LogP contribution in [-0.2, 0) is 28.6 Å². The van der Waals surface area contributed by atoms with E-state index in [1.54, 1.807) is 0 Å². The maximum atomic E-state index is 12.9. The average molecular weight is 1040 g/mol. The zero-order valence-electron chi connectivity index (χ0n) is 49.0. The highest BCUT2D eigenvalue weighted by atomic mass is 16.6. The molecule has 0 heterocycles. The molecule has 428 valence electrons. The van der Waals surface area contributed by atoms with Crippen LogP contribution in [0.2, 0.25) is 0 Å². The van der Waals surface area contributed by atoms with Gasteiger partial charge in [-0.3, -0.25) is 14.4 Å². The Morgan fingerprint density at radius 3 is 0.840 bits per heavy atom. The topological polar surface area (TPSA) is 78.9 Å². The standard InChI is InChI=1S/C69H116O6/c1-4-7-10-13-16-19-22-25-27-29-31-33-34-36-37-39-41-44-47-50-53-56-59-62-68(71)74-65-66(64-73-67(70)61-58-55-52-49-46-43-24-21-18-15-12-9-6-3)75-69(72)63-60-57-54-51-48-45-42-40-38-35-32-30-28-26-23-20-17-14-11-8-5-2/h7,9-10,12,16,18-19,21,25,27,30-33,36-37,43,46,66H,4-6,8,11,13-15,17,20,22-24,26,28-29,34-35,38-42,44-45,47-65H2,1-3H3/b10-7-,12-9-,19-16-,21-18-,27-25-,32-30-,33-31-,37-36-,46-43-. The van der Waals surface area contributed by atoms with E-state index in [1.807, 2.05) is 0 Å². The number of carbonyl (C=O) groups excluding carboxylic acids is 3. The highest BCUT2D eigenvalue weighted by Crippen LogP contribution is 2.15. The highest BCUT2D eigenvalue weighted by molar-refractivity contribution is 5.71. The summed E-state index contributed by atoms with van der Waals surface area (Å²) in [5.74, 6) is -0.931. The third kappa shape index (κ3) is 60.8. The minimum absolute atomic E-state index is 0.0949. The molecular formula is C69H116O6. The Kier molecular flexibility index (Phi) is 59.3. The number of unbranched alkanes of at least 4 members (excludes halogenated alkanes) is 27. The number of hydrogen-bond donors (Lipinski definition) is 0. The summed E-state index contributed by atoms with van der Waals surface area (Å²) < 4.78 is 16.9. The molecular weight excluding hydrogens is 925 g/mol. The Morgan fingerprint density at radius 2 is 0.520 bits per heavy atom. The van der Waals surface area contributed by atoms with Crippen molar-refractivity contribution >= 4 is 17.9 Å². The van der Waals surface area contributed by atoms with Crippen molar-refractivity contribution in [2.24, 2.45) is 0 Å². The summed E-state index contributed by atoms with van der Waals surface area (Å²) in [5.41, 5.74) is 0. The predicted octanol–water partition coefficient (Wildman–Crippen LogP) is 21.4. The van der Waals surface area contributed by atoms with Crippen molar-refractivity contribution in [3.8, 4) is 0 Å². The molecule has 1 atom stereocenters. The van der Waals surface area contributed by atoms with Gasteiger partial charge in [0.2, 0.25) is 0 Å². The van der Waals surface area contributed by atoms with E-state index in [0.717, 1.165) is 122 Å². The summed E-state index contributed by atoms with van der Waals surface area (Å²) in [6, 6.07) is 0. The Morgan fingerprint density at radius 1 is 0.280 bits per heavy atom. The number of carbonyl (C=O) groups is 3. The molecule has 75 heavy (non-hydrogen) atoms. The van der Waals surface area contributed by atoms with Crippen molar-refractivity contribution in [2.75, 3.05) is 13.2 Å². The van der Waals surface area contributed by atoms with Gasteiger partial charge in [0.05, 0.1) is 0 Å². The van der Waals surface area contributed by atoms with Crippen LogP contribution >= 0.6 is 0 Å². The van der Waals surface area contributed by atoms with Gasteiger partial charge in [-0.15, -0.1) is 0 Å². The van der Waals surface area contributed by atoms with Gasteiger partial charge in [-0.1, -0.05) is 259 Å². The number of allylic oxidation sites excluding steroid dienone is 18. The summed E-state index contributed by atoms with van der Waals surface area (Å²) in [6.45, 7) is 6.39. The van der Waals surface area contributed by atoms with E-state index < -0.39 is 6.10 Å². The normalized spacial score (nSPS) is 12.8. The molecule has 0 aliphatic rings. The van der Waals surface area contributed by atoms with Crippen LogP contribution in [0, 0.1) is 0 Å². The van der Waals surface area contributed by atoms with Crippen LogP contribution in [0.5, 0.6) is 0 Å². The fourth-order valence-electron chi connectivity index (χ4n) is 8.60. The van der Waals surface area contributed by atoms with Crippen molar-refractivity contribution in [1.29, 1.82) is 0 Å². The summed E-state index contributed by atoms with van der Waals surface area (Å²) in [4.78, 5) is 38.3. The molecule has 0 amide bonds. The lowest BCUT2D eigenvalue weighted by Crippen LogP contribution is -2.30. The van der Waals surface area contributed by atoms with Gasteiger partial charge in [0.15, 0.2) is 6.10 Å². The summed E-state index contributed by atoms with van der Waals surface area (Å²) in [7, 11) is 0. The van der Waals surface area contributed by atoms with Gasteiger partial charge in [0.1, 0.15) is 13.2 Å². The van der Waals surface area contributed by atoms with E-state index in [-0.39, 0.29) is 31.1 Å². The molecule has 0 aromatic carbocycles. The van der Waals surface area contributed by atoms with Crippen LogP contribution < -0.4 is 0 Å². The second-order valence-corrected chi connectivity index (χ2v) is 20.5. The molecule has 0 N–H and O–H groups in total. The van der Waals surface area contributed by atoms with Crippen LogP contribution in [0.25, 0.3) is 0 Å². The fraction of sp³-hybridized carbons (Fsp3) is 0.696. The monoisotopic (exact) mass is 1040 g/mol. The first-order chi connectivity index (χ1) is 37.0. The minimum Gasteiger partial charge on any atom is -0.462 e. The molecule has 0 aromatic heterocycles. The van der Waals surface area contributed by atoms with Crippen LogP contribution in [-0.4, -0.2) is 37.2 Å². The maximum absolute atomic E-state index is 12.9. The van der Waals surface area contributed by atoms with Crippen LogP contribution in [0.1, 0.15) is 290 Å². The quantitative estimate of drug-likeness (QED) is 0.0261. The van der Waals surface area contributed by atoms with Crippen molar-refractivity contribution in [1.82, 2.24) is 0 Å². The van der Waals surface area contributed by atoms with Gasteiger partial charge in [-0.05, 0) is 122 Å². The first-order valence-corrected chi connectivity index (χ1v) is 31.4. The average Bonchev–Trinajstić information content (AvgIpc) is 3.41. The lowest BCUT2D eigenvalue weighted by atomic mass is 10.1. The molecule has 1 unspecified atom stereocenters. The van der Waals surface area contributed by atoms with Gasteiger partial charge < -0.3 is 14.2 Å². The lowest BCUT2D eigenvalue weighted by molar-refractivity contribution is -0.167. The van der Waals surface area contributed by atoms with E-state index >= 15 is 0 Å². The first kappa shape index (κ1) is 71.1. The molecule has 0 bridgehead atoms. The number of ether oxygens (including phenoxy) is 3. The number of rotatable bonds is 56. The second kappa shape index (κ2) is 62.6. The van der Waals surface area contributed by atoms with Gasteiger partial charge in [-0.25, -0.2) is 0 Å². The van der Waals surface area contributed by atoms with E-state index in [0.29, 0.717) is 19.3 Å².